The predicted octanol–water partition coefficient (Wildman–Crippen LogP) is 5.85. The molecule has 0 saturated carbocycles. The number of nitrogens with zero attached hydrogens (tertiary/aromatic N) is 9. The lowest BCUT2D eigenvalue weighted by Gasteiger charge is -2.43. The Morgan fingerprint density at radius 2 is 1.72 bits per heavy atom. The zero-order valence-corrected chi connectivity index (χ0v) is 33.4. The van der Waals surface area contributed by atoms with Gasteiger partial charge in [0.1, 0.15) is 6.07 Å². The first-order chi connectivity index (χ1) is 28.5. The first-order valence-corrected chi connectivity index (χ1v) is 21.8. The zero-order chi connectivity index (χ0) is 39.2. The number of carbonyl (C=O) groups is 2. The van der Waals surface area contributed by atoms with Crippen LogP contribution in [0.3, 0.4) is 0 Å². The predicted molar refractivity (Wildman–Crippen MR) is 222 cm³/mol. The van der Waals surface area contributed by atoms with Crippen LogP contribution in [0.15, 0.2) is 60.9 Å². The number of nitriles is 1. The van der Waals surface area contributed by atoms with E-state index < -0.39 is 0 Å². The van der Waals surface area contributed by atoms with E-state index in [2.05, 4.69) is 61.5 Å². The number of carbonyl (C=O) groups excluding carboxylic acids is 2. The zero-order valence-electron chi connectivity index (χ0n) is 32.6. The molecule has 5 aromatic rings. The number of piperidine rings is 2. The van der Waals surface area contributed by atoms with Gasteiger partial charge in [-0.15, -0.1) is 10.2 Å². The number of hydrogen-bond donors (Lipinski definition) is 1. The highest BCUT2D eigenvalue weighted by Gasteiger charge is 2.42. The summed E-state index contributed by atoms with van der Waals surface area (Å²) in [7, 11) is 0. The van der Waals surface area contributed by atoms with E-state index >= 15 is 0 Å². The number of fused-ring (bicyclic) bond motifs is 3. The number of nitrogens with one attached hydrogen (secondary N) is 1. The number of pyridine rings is 1. The number of rotatable bonds is 10. The maximum Gasteiger partial charge on any atom is 0.234 e. The normalized spacial score (nSPS) is 24.1. The summed E-state index contributed by atoms with van der Waals surface area (Å²) in [5.41, 5.74) is 7.60. The number of benzene rings is 1. The van der Waals surface area contributed by atoms with E-state index in [1.165, 1.54) is 36.9 Å². The van der Waals surface area contributed by atoms with E-state index in [0.717, 1.165) is 103 Å². The molecule has 5 saturated heterocycles. The van der Waals surface area contributed by atoms with Crippen molar-refractivity contribution in [3.8, 4) is 28.0 Å². The molecule has 5 aliphatic heterocycles. The van der Waals surface area contributed by atoms with Gasteiger partial charge in [0.2, 0.25) is 16.9 Å². The van der Waals surface area contributed by atoms with Crippen LogP contribution in [0, 0.1) is 23.2 Å². The minimum absolute atomic E-state index is 0.173. The largest absolute Gasteiger partial charge is 0.381 e. The number of aryl methyl sites for hydroxylation is 1. The fourth-order valence-electron chi connectivity index (χ4n) is 9.96. The van der Waals surface area contributed by atoms with Crippen LogP contribution < -0.4 is 15.1 Å². The summed E-state index contributed by atoms with van der Waals surface area (Å²) in [6, 6.07) is 19.7. The van der Waals surface area contributed by atoms with Crippen molar-refractivity contribution >= 4 is 39.5 Å². The molecule has 14 heteroatoms. The quantitative estimate of drug-likeness (QED) is 0.170. The van der Waals surface area contributed by atoms with Crippen LogP contribution in [0.4, 0.5) is 10.8 Å². The average molecular weight is 797 g/mol. The molecule has 4 aromatic heterocycles. The van der Waals surface area contributed by atoms with Crippen LogP contribution in [0.25, 0.3) is 27.5 Å². The Balaban J connectivity index is 0.785. The third-order valence-corrected chi connectivity index (χ3v) is 14.3. The topological polar surface area (TPSA) is 145 Å². The van der Waals surface area contributed by atoms with Gasteiger partial charge in [-0.25, -0.2) is 4.52 Å². The van der Waals surface area contributed by atoms with Gasteiger partial charge in [0.15, 0.2) is 5.01 Å². The number of amides is 2. The Hall–Kier alpha value is -5.23. The molecule has 9 heterocycles. The maximum atomic E-state index is 12.4. The molecule has 1 aromatic carbocycles. The minimum atomic E-state index is -0.241. The Morgan fingerprint density at radius 3 is 2.48 bits per heavy atom. The highest BCUT2D eigenvalue weighted by molar-refractivity contribution is 7.18. The molecular weight excluding hydrogens is 749 g/mol. The number of aromatic nitrogens is 5. The molecule has 5 fully saturated rings. The van der Waals surface area contributed by atoms with E-state index in [1.807, 2.05) is 28.9 Å². The van der Waals surface area contributed by atoms with Gasteiger partial charge in [0.25, 0.3) is 0 Å². The van der Waals surface area contributed by atoms with E-state index in [9.17, 15) is 14.9 Å². The molecule has 4 atom stereocenters. The lowest BCUT2D eigenvalue weighted by Crippen LogP contribution is -2.55. The van der Waals surface area contributed by atoms with Crippen LogP contribution in [0.1, 0.15) is 74.0 Å². The number of imide groups is 1. The third-order valence-electron chi connectivity index (χ3n) is 13.3. The van der Waals surface area contributed by atoms with Crippen molar-refractivity contribution in [2.75, 3.05) is 55.7 Å². The summed E-state index contributed by atoms with van der Waals surface area (Å²) < 4.78 is 7.56. The van der Waals surface area contributed by atoms with Crippen molar-refractivity contribution in [1.82, 2.24) is 35.0 Å². The molecule has 13 nitrogen and oxygen atoms in total. The van der Waals surface area contributed by atoms with Crippen LogP contribution in [-0.4, -0.2) is 99.5 Å². The molecule has 5 aliphatic rings. The van der Waals surface area contributed by atoms with Crippen molar-refractivity contribution in [3.63, 3.8) is 0 Å². The first kappa shape index (κ1) is 37.1. The summed E-state index contributed by atoms with van der Waals surface area (Å²) in [5, 5.41) is 27.9. The molecule has 2 unspecified atom stereocenters. The lowest BCUT2D eigenvalue weighted by atomic mass is 9.90. The molecule has 0 aliphatic carbocycles. The molecule has 10 rings (SSSR count). The van der Waals surface area contributed by atoms with Crippen molar-refractivity contribution in [3.05, 3.63) is 77.6 Å². The summed E-state index contributed by atoms with van der Waals surface area (Å²) >= 11 is 1.68. The number of hydrogen-bond acceptors (Lipinski definition) is 12. The second-order valence-electron chi connectivity index (χ2n) is 16.8. The van der Waals surface area contributed by atoms with Gasteiger partial charge in [-0.2, -0.15) is 10.4 Å². The van der Waals surface area contributed by atoms with Gasteiger partial charge in [-0.1, -0.05) is 23.5 Å². The van der Waals surface area contributed by atoms with Crippen LogP contribution in [0.5, 0.6) is 0 Å². The fraction of sp³-hybridized carbons (Fsp3) is 0.477. The summed E-state index contributed by atoms with van der Waals surface area (Å²) in [6.45, 7) is 6.87. The van der Waals surface area contributed by atoms with Gasteiger partial charge < -0.3 is 14.5 Å². The van der Waals surface area contributed by atoms with Gasteiger partial charge >= 0.3 is 0 Å². The van der Waals surface area contributed by atoms with Crippen LogP contribution >= 0.6 is 11.3 Å². The molecule has 0 radical (unpaired) electrons. The maximum absolute atomic E-state index is 12.4. The molecule has 0 spiro atoms. The Morgan fingerprint density at radius 1 is 0.897 bits per heavy atom. The van der Waals surface area contributed by atoms with E-state index in [1.54, 1.807) is 17.5 Å². The molecule has 58 heavy (non-hydrogen) atoms. The number of piperazine rings is 1. The van der Waals surface area contributed by atoms with Crippen molar-refractivity contribution in [2.45, 2.75) is 75.8 Å². The molecular formula is C44H48N10O3S. The molecule has 298 valence electrons. The smallest absolute Gasteiger partial charge is 0.234 e. The Bertz CT molecular complexity index is 2340. The van der Waals surface area contributed by atoms with Crippen LogP contribution in [0.2, 0.25) is 0 Å². The summed E-state index contributed by atoms with van der Waals surface area (Å²) in [5.74, 6) is 0.645. The highest BCUT2D eigenvalue weighted by Crippen LogP contribution is 2.39. The second kappa shape index (κ2) is 15.8. The fourth-order valence-corrected chi connectivity index (χ4v) is 10.9. The van der Waals surface area contributed by atoms with Crippen LogP contribution in [-0.2, 0) is 20.7 Å². The van der Waals surface area contributed by atoms with Gasteiger partial charge in [0.05, 0.1) is 34.6 Å². The monoisotopic (exact) mass is 796 g/mol. The molecule has 2 bridgehead atoms. The lowest BCUT2D eigenvalue weighted by molar-refractivity contribution is -0.134. The first-order valence-electron chi connectivity index (χ1n) is 20.9. The van der Waals surface area contributed by atoms with Gasteiger partial charge in [0, 0.05) is 81.9 Å². The van der Waals surface area contributed by atoms with Crippen molar-refractivity contribution < 1.29 is 14.3 Å². The average Bonchev–Trinajstić information content (AvgIpc) is 4.08. The molecule has 1 N–H and O–H groups in total. The van der Waals surface area contributed by atoms with E-state index in [-0.39, 0.29) is 17.7 Å². The second-order valence-corrected chi connectivity index (χ2v) is 17.8. The minimum Gasteiger partial charge on any atom is -0.381 e. The van der Waals surface area contributed by atoms with E-state index in [4.69, 9.17) is 19.9 Å². The van der Waals surface area contributed by atoms with Crippen molar-refractivity contribution in [1.29, 1.82) is 5.26 Å². The molecule has 2 amide bonds. The number of ether oxygens (including phenoxy) is 1. The highest BCUT2D eigenvalue weighted by atomic mass is 32.1. The SMILES string of the molecule is N#Cc1cnn2c(-c3cc(CC[C@@H]4CCOC4)c(-c4nnc(N5CC6CCC(C5)N6CC5CCN(c6ccc([C@H]7CCC(=O)NC7=O)cc6)CC5)s4)cn3)ccc2c1. The third kappa shape index (κ3) is 7.35. The van der Waals surface area contributed by atoms with Gasteiger partial charge in [-0.3, -0.25) is 24.8 Å². The summed E-state index contributed by atoms with van der Waals surface area (Å²) in [6.07, 6.45) is 12.4. The number of anilines is 2. The van der Waals surface area contributed by atoms with Crippen molar-refractivity contribution in [2.24, 2.45) is 11.8 Å². The summed E-state index contributed by atoms with van der Waals surface area (Å²) in [4.78, 5) is 36.7. The Labute approximate surface area is 342 Å². The van der Waals surface area contributed by atoms with Gasteiger partial charge in [-0.05, 0) is 111 Å². The Kier molecular flexibility index (Phi) is 10.1. The van der Waals surface area contributed by atoms with E-state index in [0.29, 0.717) is 42.3 Å². The standard InChI is InChI=1S/C44H48N10O3S/c45-21-30-19-34-9-11-40(54(34)47-22-30)39-20-32(2-1-29-15-18-57-27-29)38(23-46-39)43-49-50-44(58-43)52-25-35-7-8-36(26-52)53(35)24-28-13-16-51(17-14-28)33-5-3-31(4-6-33)37-10-12-41(55)48-42(37)56/h3-6,9,11,19-20,22-23,28-29,35-37H,1-2,7-8,10,12-18,24-27H2,(H,48,55,56)/t29-,35?,36?,37-/m1/s1.